The van der Waals surface area contributed by atoms with Gasteiger partial charge >= 0.3 is 0 Å². The molecule has 2 heteroatoms. The quantitative estimate of drug-likeness (QED) is 0.149. The van der Waals surface area contributed by atoms with Crippen molar-refractivity contribution in [3.63, 3.8) is 0 Å². The second-order valence-electron chi connectivity index (χ2n) is 17.1. The Morgan fingerprint density at radius 3 is 1.62 bits per heavy atom. The van der Waals surface area contributed by atoms with Gasteiger partial charge in [-0.3, -0.25) is 0 Å². The molecule has 0 fully saturated rings. The van der Waals surface area contributed by atoms with E-state index in [2.05, 4.69) is 254 Å². The summed E-state index contributed by atoms with van der Waals surface area (Å²) in [5, 5.41) is 11.8. The molecule has 0 radical (unpaired) electrons. The summed E-state index contributed by atoms with van der Waals surface area (Å²) in [6.45, 7) is 0. The van der Waals surface area contributed by atoms with Crippen molar-refractivity contribution in [1.29, 1.82) is 0 Å². The van der Waals surface area contributed by atoms with E-state index in [-0.39, 0.29) is 0 Å². The molecule has 12 aromatic carbocycles. The number of nitrogens with zero attached hydrogens (tertiary/aromatic N) is 1. The Kier molecular flexibility index (Phi) is 8.89. The minimum absolute atomic E-state index is 0.872. The van der Waals surface area contributed by atoms with Crippen molar-refractivity contribution in [2.45, 2.75) is 0 Å². The smallest absolute Gasteiger partial charge is 0.143 e. The molecule has 1 aromatic heterocycles. The first kappa shape index (κ1) is 37.8. The maximum absolute atomic E-state index is 6.77. The van der Waals surface area contributed by atoms with E-state index in [4.69, 9.17) is 4.42 Å². The number of benzene rings is 12. The lowest BCUT2D eigenvalue weighted by Crippen LogP contribution is -2.11. The molecule has 0 spiro atoms. The molecule has 0 saturated heterocycles. The zero-order chi connectivity index (χ0) is 43.6. The molecule has 0 N–H and O–H groups in total. The van der Waals surface area contributed by atoms with Gasteiger partial charge in [-0.1, -0.05) is 206 Å². The normalized spacial score (nSPS) is 11.6. The van der Waals surface area contributed by atoms with Gasteiger partial charge in [-0.25, -0.2) is 0 Å². The van der Waals surface area contributed by atoms with Crippen LogP contribution in [0.2, 0.25) is 0 Å². The van der Waals surface area contributed by atoms with E-state index in [0.717, 1.165) is 66.5 Å². The average molecular weight is 840 g/mol. The maximum atomic E-state index is 6.77. The summed E-state index contributed by atoms with van der Waals surface area (Å²) in [4.78, 5) is 2.46. The largest absolute Gasteiger partial charge is 0.455 e. The molecular weight excluding hydrogens is 799 g/mol. The van der Waals surface area contributed by atoms with Crippen molar-refractivity contribution in [1.82, 2.24) is 0 Å². The van der Waals surface area contributed by atoms with Gasteiger partial charge < -0.3 is 9.32 Å². The zero-order valence-corrected chi connectivity index (χ0v) is 36.0. The van der Waals surface area contributed by atoms with Crippen LogP contribution in [0, 0.1) is 0 Å². The number of fused-ring (bicyclic) bond motifs is 9. The zero-order valence-electron chi connectivity index (χ0n) is 36.0. The summed E-state index contributed by atoms with van der Waals surface area (Å²) in [5.41, 5.74) is 14.4. The molecule has 0 saturated carbocycles. The summed E-state index contributed by atoms with van der Waals surface area (Å²) >= 11 is 0. The second kappa shape index (κ2) is 15.5. The Morgan fingerprint density at radius 2 is 0.818 bits per heavy atom. The Bertz CT molecular complexity index is 3990. The molecule has 308 valence electrons. The van der Waals surface area contributed by atoms with E-state index in [1.807, 2.05) is 0 Å². The lowest BCUT2D eigenvalue weighted by Gasteiger charge is -2.29. The summed E-state index contributed by atoms with van der Waals surface area (Å²) in [6, 6.07) is 90.4. The maximum Gasteiger partial charge on any atom is 0.143 e. The topological polar surface area (TPSA) is 16.4 Å². The van der Waals surface area contributed by atoms with Gasteiger partial charge in [0.05, 0.1) is 5.69 Å². The summed E-state index contributed by atoms with van der Waals surface area (Å²) < 4.78 is 6.77. The number of anilines is 3. The highest BCUT2D eigenvalue weighted by Crippen LogP contribution is 2.50. The van der Waals surface area contributed by atoms with Crippen molar-refractivity contribution >= 4 is 82.1 Å². The number of hydrogen-bond acceptors (Lipinski definition) is 2. The first-order chi connectivity index (χ1) is 32.8. The van der Waals surface area contributed by atoms with Crippen LogP contribution >= 0.6 is 0 Å². The molecule has 66 heavy (non-hydrogen) atoms. The molecular formula is C64H41NO. The van der Waals surface area contributed by atoms with E-state index >= 15 is 0 Å². The predicted octanol–water partition coefficient (Wildman–Crippen LogP) is 18.3. The molecule has 13 aromatic rings. The van der Waals surface area contributed by atoms with Crippen LogP contribution in [0.15, 0.2) is 253 Å². The van der Waals surface area contributed by atoms with Crippen LogP contribution in [0.25, 0.3) is 110 Å². The van der Waals surface area contributed by atoms with Crippen molar-refractivity contribution in [3.05, 3.63) is 249 Å². The molecule has 1 heterocycles. The highest BCUT2D eigenvalue weighted by molar-refractivity contribution is 6.23. The molecule has 0 unspecified atom stereocenters. The van der Waals surface area contributed by atoms with Gasteiger partial charge in [-0.15, -0.1) is 0 Å². The average Bonchev–Trinajstić information content (AvgIpc) is 3.79. The standard InChI is InChI=1S/C64H41NO/c1-3-20-44(21-4-1)61-55-31-12-11-29-52(55)53-39-37-48(41-58(53)62(61)45-22-5-2-6-23-45)65(47-26-15-25-46(40-47)50-32-16-24-42-18-7-9-27-49(42)50)59-34-14-13-30-54(59)56-33-17-35-60-63(56)57-38-36-43-19-8-10-28-51(43)64(57)66-60/h1-41H. The Balaban J connectivity index is 1.11. The Morgan fingerprint density at radius 1 is 0.288 bits per heavy atom. The lowest BCUT2D eigenvalue weighted by atomic mass is 9.85. The van der Waals surface area contributed by atoms with Gasteiger partial charge in [0.1, 0.15) is 11.2 Å². The highest BCUT2D eigenvalue weighted by Gasteiger charge is 2.24. The summed E-state index contributed by atoms with van der Waals surface area (Å²) in [6.07, 6.45) is 0. The fourth-order valence-electron chi connectivity index (χ4n) is 10.5. The van der Waals surface area contributed by atoms with E-state index in [1.165, 1.54) is 60.1 Å². The SMILES string of the molecule is c1ccc(-c2c(-c3ccccc3)c3cc(N(c4cccc(-c5cccc6ccccc56)c4)c4ccccc4-c4cccc5oc6c7ccccc7ccc6c45)ccc3c3ccccc23)cc1. The third kappa shape index (κ3) is 6.11. The van der Waals surface area contributed by atoms with Crippen molar-refractivity contribution in [2.75, 3.05) is 4.90 Å². The third-order valence-corrected chi connectivity index (χ3v) is 13.4. The first-order valence-corrected chi connectivity index (χ1v) is 22.7. The second-order valence-corrected chi connectivity index (χ2v) is 17.1. The molecule has 0 aliphatic rings. The van der Waals surface area contributed by atoms with Gasteiger partial charge in [0.25, 0.3) is 0 Å². The fraction of sp³-hybridized carbons (Fsp3) is 0. The van der Waals surface area contributed by atoms with Gasteiger partial charge in [0.15, 0.2) is 0 Å². The Labute approximate surface area is 382 Å². The molecule has 0 amide bonds. The van der Waals surface area contributed by atoms with E-state index < -0.39 is 0 Å². The number of para-hydroxylation sites is 1. The molecule has 0 aliphatic heterocycles. The lowest BCUT2D eigenvalue weighted by molar-refractivity contribution is 0.673. The molecule has 2 nitrogen and oxygen atoms in total. The van der Waals surface area contributed by atoms with Crippen molar-refractivity contribution < 1.29 is 4.42 Å². The fourth-order valence-corrected chi connectivity index (χ4v) is 10.5. The van der Waals surface area contributed by atoms with Crippen molar-refractivity contribution in [3.8, 4) is 44.5 Å². The van der Waals surface area contributed by atoms with E-state index in [1.54, 1.807) is 0 Å². The monoisotopic (exact) mass is 839 g/mol. The minimum Gasteiger partial charge on any atom is -0.455 e. The Hall–Kier alpha value is -8.72. The van der Waals surface area contributed by atoms with Gasteiger partial charge in [-0.05, 0) is 119 Å². The van der Waals surface area contributed by atoms with E-state index in [9.17, 15) is 0 Å². The van der Waals surface area contributed by atoms with Crippen LogP contribution in [0.1, 0.15) is 0 Å². The van der Waals surface area contributed by atoms with Crippen molar-refractivity contribution in [2.24, 2.45) is 0 Å². The molecule has 0 aliphatic carbocycles. The van der Waals surface area contributed by atoms with Crippen LogP contribution < -0.4 is 4.90 Å². The molecule has 0 atom stereocenters. The molecule has 0 bridgehead atoms. The number of furan rings is 1. The van der Waals surface area contributed by atoms with E-state index in [0.29, 0.717) is 0 Å². The van der Waals surface area contributed by atoms with Gasteiger partial charge in [0, 0.05) is 33.1 Å². The van der Waals surface area contributed by atoms with Gasteiger partial charge in [0.2, 0.25) is 0 Å². The number of rotatable bonds is 7. The minimum atomic E-state index is 0.872. The summed E-state index contributed by atoms with van der Waals surface area (Å²) in [7, 11) is 0. The first-order valence-electron chi connectivity index (χ1n) is 22.7. The number of hydrogen-bond donors (Lipinski definition) is 0. The third-order valence-electron chi connectivity index (χ3n) is 13.4. The van der Waals surface area contributed by atoms with Gasteiger partial charge in [-0.2, -0.15) is 0 Å². The van der Waals surface area contributed by atoms with Crippen LogP contribution in [0.3, 0.4) is 0 Å². The van der Waals surface area contributed by atoms with Crippen LogP contribution in [-0.4, -0.2) is 0 Å². The summed E-state index contributed by atoms with van der Waals surface area (Å²) in [5.74, 6) is 0. The van der Waals surface area contributed by atoms with Crippen LogP contribution in [-0.2, 0) is 0 Å². The van der Waals surface area contributed by atoms with Crippen LogP contribution in [0.5, 0.6) is 0 Å². The van der Waals surface area contributed by atoms with Crippen LogP contribution in [0.4, 0.5) is 17.1 Å². The predicted molar refractivity (Wildman–Crippen MR) is 280 cm³/mol. The highest BCUT2D eigenvalue weighted by atomic mass is 16.3. The molecule has 13 rings (SSSR count).